The second-order valence-corrected chi connectivity index (χ2v) is 10.4. The molecule has 0 radical (unpaired) electrons. The average molecular weight is 521 g/mol. The minimum atomic E-state index is -0.887. The predicted molar refractivity (Wildman–Crippen MR) is 142 cm³/mol. The Labute approximate surface area is 220 Å². The fourth-order valence-electron chi connectivity index (χ4n) is 5.20. The largest absolute Gasteiger partial charge is 0.505 e. The van der Waals surface area contributed by atoms with Crippen LogP contribution in [0, 0.1) is 17.8 Å². The number of hydrogen-bond donors (Lipinski definition) is 4. The number of carbonyl (C=O) groups excluding carboxylic acids is 2. The van der Waals surface area contributed by atoms with Gasteiger partial charge in [0.2, 0.25) is 0 Å². The summed E-state index contributed by atoms with van der Waals surface area (Å²) < 4.78 is 16.8. The van der Waals surface area contributed by atoms with E-state index in [2.05, 4.69) is 5.32 Å². The van der Waals surface area contributed by atoms with Gasteiger partial charge >= 0.3 is 6.09 Å². The number of para-hydroxylation sites is 1. The van der Waals surface area contributed by atoms with Crippen LogP contribution in [0.4, 0.5) is 10.5 Å². The monoisotopic (exact) mass is 520 g/mol. The molecule has 5 N–H and O–H groups in total. The lowest BCUT2D eigenvalue weighted by Gasteiger charge is -2.34. The zero-order valence-electron chi connectivity index (χ0n) is 22.9. The Kier molecular flexibility index (Phi) is 11.9. The first-order valence-corrected chi connectivity index (χ1v) is 13.0. The van der Waals surface area contributed by atoms with Gasteiger partial charge in [0.15, 0.2) is 0 Å². The summed E-state index contributed by atoms with van der Waals surface area (Å²) in [7, 11) is 3.12. The van der Waals surface area contributed by atoms with Crippen molar-refractivity contribution in [1.29, 1.82) is 0 Å². The quantitative estimate of drug-likeness (QED) is 0.439. The number of fused-ring (bicyclic) bond motifs is 2. The number of ether oxygens (including phenoxy) is 3. The topological polar surface area (TPSA) is 140 Å². The van der Waals surface area contributed by atoms with Crippen LogP contribution < -0.4 is 11.1 Å². The molecule has 9 heteroatoms. The van der Waals surface area contributed by atoms with Gasteiger partial charge in [0, 0.05) is 19.8 Å². The first-order valence-electron chi connectivity index (χ1n) is 13.0. The molecule has 1 aromatic carbocycles. The van der Waals surface area contributed by atoms with Gasteiger partial charge in [0.25, 0.3) is 5.91 Å². The number of aliphatic hydroxyl groups excluding tert-OH is 1. The molecule has 208 valence electrons. The molecule has 0 saturated carbocycles. The summed E-state index contributed by atoms with van der Waals surface area (Å²) in [4.78, 5) is 24.5. The number of primary amides is 1. The van der Waals surface area contributed by atoms with Crippen LogP contribution >= 0.6 is 0 Å². The van der Waals surface area contributed by atoms with Crippen molar-refractivity contribution in [3.63, 3.8) is 0 Å². The Balaban J connectivity index is 2.42. The molecule has 0 aliphatic carbocycles. The fraction of sp³-hybridized carbons (Fsp3) is 0.643. The normalized spacial score (nSPS) is 32.1. The summed E-state index contributed by atoms with van der Waals surface area (Å²) in [6, 6.07) is 5.29. The predicted octanol–water partition coefficient (Wildman–Crippen LogP) is 4.16. The molecule has 0 saturated heterocycles. The fourth-order valence-corrected chi connectivity index (χ4v) is 5.20. The summed E-state index contributed by atoms with van der Waals surface area (Å²) in [6.07, 6.45) is 1.29. The van der Waals surface area contributed by atoms with Crippen LogP contribution in [0.15, 0.2) is 29.8 Å². The Bertz CT molecular complexity index is 935. The molecule has 0 fully saturated rings. The molecule has 1 aliphatic heterocycles. The third-order valence-electron chi connectivity index (χ3n) is 7.32. The van der Waals surface area contributed by atoms with E-state index in [9.17, 15) is 19.8 Å². The summed E-state index contributed by atoms with van der Waals surface area (Å²) in [5, 5.41) is 24.8. The van der Waals surface area contributed by atoms with Gasteiger partial charge in [0.05, 0.1) is 24.0 Å². The molecule has 2 bridgehead atoms. The Morgan fingerprint density at radius 3 is 2.38 bits per heavy atom. The van der Waals surface area contributed by atoms with Gasteiger partial charge in [-0.05, 0) is 68.4 Å². The number of anilines is 1. The van der Waals surface area contributed by atoms with E-state index in [4.69, 9.17) is 19.9 Å². The molecule has 0 aromatic heterocycles. The highest BCUT2D eigenvalue weighted by Crippen LogP contribution is 2.32. The number of benzene rings is 1. The van der Waals surface area contributed by atoms with Gasteiger partial charge in [-0.15, -0.1) is 0 Å². The first-order chi connectivity index (χ1) is 17.5. The number of carbonyl (C=O) groups is 2. The van der Waals surface area contributed by atoms with Crippen molar-refractivity contribution in [2.45, 2.75) is 84.2 Å². The number of allylic oxidation sites excluding steroid dienone is 1. The van der Waals surface area contributed by atoms with Crippen molar-refractivity contribution in [1.82, 2.24) is 0 Å². The summed E-state index contributed by atoms with van der Waals surface area (Å²) in [6.45, 7) is 7.63. The molecule has 1 aliphatic rings. The minimum Gasteiger partial charge on any atom is -0.505 e. The van der Waals surface area contributed by atoms with Crippen molar-refractivity contribution in [3.05, 3.63) is 35.4 Å². The summed E-state index contributed by atoms with van der Waals surface area (Å²) in [5.41, 5.74) is 6.93. The van der Waals surface area contributed by atoms with Crippen molar-refractivity contribution in [3.8, 4) is 5.75 Å². The van der Waals surface area contributed by atoms with E-state index < -0.39 is 30.5 Å². The average Bonchev–Trinajstić information content (AvgIpc) is 2.85. The molecular formula is C28H44N2O7. The number of phenols is 1. The lowest BCUT2D eigenvalue weighted by atomic mass is 9.83. The van der Waals surface area contributed by atoms with E-state index in [1.165, 1.54) is 0 Å². The number of hydrogen-bond acceptors (Lipinski definition) is 7. The maximum atomic E-state index is 12.8. The van der Waals surface area contributed by atoms with E-state index in [1.54, 1.807) is 39.4 Å². The maximum Gasteiger partial charge on any atom is 0.404 e. The van der Waals surface area contributed by atoms with Gasteiger partial charge in [-0.1, -0.05) is 39.0 Å². The van der Waals surface area contributed by atoms with Crippen molar-refractivity contribution in [2.75, 3.05) is 19.5 Å². The van der Waals surface area contributed by atoms with Crippen LogP contribution in [0.1, 0.15) is 58.9 Å². The molecule has 7 atom stereocenters. The molecule has 2 amide bonds. The molecule has 2 unspecified atom stereocenters. The number of aliphatic hydroxyl groups is 1. The highest BCUT2D eigenvalue weighted by Gasteiger charge is 2.34. The second-order valence-electron chi connectivity index (χ2n) is 10.4. The highest BCUT2D eigenvalue weighted by atomic mass is 16.6. The number of aromatic hydroxyl groups is 1. The van der Waals surface area contributed by atoms with Crippen LogP contribution in [0.25, 0.3) is 0 Å². The van der Waals surface area contributed by atoms with E-state index in [0.29, 0.717) is 48.9 Å². The van der Waals surface area contributed by atoms with E-state index in [-0.39, 0.29) is 29.4 Å². The third kappa shape index (κ3) is 8.72. The van der Waals surface area contributed by atoms with E-state index >= 15 is 0 Å². The number of phenolic OH excluding ortho intramolecular Hbond substituents is 1. The number of amides is 2. The number of nitrogens with two attached hydrogens (primary N) is 1. The number of nitrogens with one attached hydrogen (secondary N) is 1. The smallest absolute Gasteiger partial charge is 0.404 e. The van der Waals surface area contributed by atoms with E-state index in [0.717, 1.165) is 0 Å². The van der Waals surface area contributed by atoms with E-state index in [1.807, 2.05) is 26.8 Å². The van der Waals surface area contributed by atoms with Gasteiger partial charge in [-0.2, -0.15) is 0 Å². The Hall–Kier alpha value is -2.62. The zero-order valence-corrected chi connectivity index (χ0v) is 22.9. The zero-order chi connectivity index (χ0) is 27.7. The van der Waals surface area contributed by atoms with Gasteiger partial charge in [-0.3, -0.25) is 4.79 Å². The van der Waals surface area contributed by atoms with Gasteiger partial charge < -0.3 is 35.5 Å². The maximum absolute atomic E-state index is 12.8. The van der Waals surface area contributed by atoms with Crippen LogP contribution in [-0.4, -0.2) is 60.8 Å². The van der Waals surface area contributed by atoms with Crippen molar-refractivity contribution >= 4 is 17.7 Å². The van der Waals surface area contributed by atoms with Crippen LogP contribution in [0.3, 0.4) is 0 Å². The van der Waals surface area contributed by atoms with Crippen LogP contribution in [0.5, 0.6) is 5.75 Å². The van der Waals surface area contributed by atoms with Crippen LogP contribution in [0.2, 0.25) is 0 Å². The first kappa shape index (κ1) is 30.6. The van der Waals surface area contributed by atoms with Gasteiger partial charge in [-0.25, -0.2) is 4.79 Å². The van der Waals surface area contributed by atoms with Crippen molar-refractivity contribution < 1.29 is 34.0 Å². The SMILES string of the molecule is CO[C@H]1C[C@H](C)Cc2cccc(c2O)NC(=O)/C(C)=C/CC[C@H](OC)[C@@H](OC(N)=O)C(C)C[C@H](C)C1O. The minimum absolute atomic E-state index is 0.0380. The molecule has 1 heterocycles. The summed E-state index contributed by atoms with van der Waals surface area (Å²) in [5.74, 6) is -0.524. The summed E-state index contributed by atoms with van der Waals surface area (Å²) >= 11 is 0. The second kappa shape index (κ2) is 14.4. The Morgan fingerprint density at radius 1 is 1.08 bits per heavy atom. The van der Waals surface area contributed by atoms with Gasteiger partial charge in [0.1, 0.15) is 11.9 Å². The van der Waals surface area contributed by atoms with Crippen molar-refractivity contribution in [2.24, 2.45) is 23.5 Å². The highest BCUT2D eigenvalue weighted by molar-refractivity contribution is 6.04. The molecule has 9 nitrogen and oxygen atoms in total. The molecule has 0 spiro atoms. The Morgan fingerprint density at radius 2 is 1.76 bits per heavy atom. The molecule has 37 heavy (non-hydrogen) atoms. The van der Waals surface area contributed by atoms with Crippen LogP contribution in [-0.2, 0) is 25.4 Å². The number of methoxy groups -OCH3 is 2. The standard InChI is InChI=1S/C28H44N2O7/c1-16-13-20-10-8-11-21(25(20)32)30-27(33)17(2)9-7-12-22(35-5)26(37-28(29)34)19(4)15-18(3)24(31)23(14-16)36-6/h8-11,16,18-19,22-24,26,31-32H,7,12-15H2,1-6H3,(H2,29,34)(H,30,33)/b17-9+/t16-,18+,19?,22+,23+,24?,26+/m1/s1. The lowest BCUT2D eigenvalue weighted by molar-refractivity contribution is -0.112. The molecule has 2 rings (SSSR count). The number of rotatable bonds is 3. The third-order valence-corrected chi connectivity index (χ3v) is 7.32. The molecular weight excluding hydrogens is 476 g/mol. The molecule has 1 aromatic rings. The lowest BCUT2D eigenvalue weighted by Crippen LogP contribution is -2.42.